The normalized spacial score (nSPS) is 12.8. The summed E-state index contributed by atoms with van der Waals surface area (Å²) in [5, 5.41) is 12.4. The minimum atomic E-state index is -0.764. The van der Waals surface area contributed by atoms with E-state index in [2.05, 4.69) is 0 Å². The lowest BCUT2D eigenvalue weighted by molar-refractivity contribution is 0.219. The molecule has 2 heterocycles. The van der Waals surface area contributed by atoms with Gasteiger partial charge in [0.25, 0.3) is 0 Å². The van der Waals surface area contributed by atoms with Crippen LogP contribution in [-0.2, 0) is 14.1 Å². The van der Waals surface area contributed by atoms with Gasteiger partial charge in [0.2, 0.25) is 0 Å². The Balaban J connectivity index is 2.13. The summed E-state index contributed by atoms with van der Waals surface area (Å²) >= 11 is 1.45. The third kappa shape index (κ3) is 2.07. The number of hydrogen-bond donors (Lipinski definition) is 1. The number of aromatic nitrogens is 2. The van der Waals surface area contributed by atoms with Crippen molar-refractivity contribution in [2.45, 2.75) is 6.10 Å². The van der Waals surface area contributed by atoms with Gasteiger partial charge in [-0.25, -0.2) is 4.79 Å². The zero-order valence-corrected chi connectivity index (χ0v) is 12.8. The van der Waals surface area contributed by atoms with Crippen LogP contribution in [0.4, 0.5) is 0 Å². The van der Waals surface area contributed by atoms with Gasteiger partial charge in [-0.05, 0) is 29.1 Å². The van der Waals surface area contributed by atoms with E-state index < -0.39 is 6.10 Å². The van der Waals surface area contributed by atoms with Crippen LogP contribution in [-0.4, -0.2) is 21.4 Å². The van der Waals surface area contributed by atoms with Gasteiger partial charge in [0, 0.05) is 14.1 Å². The first-order chi connectivity index (χ1) is 10.0. The molecule has 0 aliphatic heterocycles. The molecule has 0 amide bonds. The molecule has 5 nitrogen and oxygen atoms in total. The number of hydrogen-bond acceptors (Lipinski definition) is 4. The van der Waals surface area contributed by atoms with Gasteiger partial charge in [-0.1, -0.05) is 6.07 Å². The van der Waals surface area contributed by atoms with Crippen molar-refractivity contribution in [3.8, 4) is 5.75 Å². The average Bonchev–Trinajstić information content (AvgIpc) is 3.06. The number of aliphatic hydroxyl groups excluding tert-OH is 1. The Morgan fingerprint density at radius 3 is 2.62 bits per heavy atom. The Morgan fingerprint density at radius 2 is 1.90 bits per heavy atom. The molecule has 0 radical (unpaired) electrons. The molecule has 3 aromatic rings. The Morgan fingerprint density at radius 1 is 1.19 bits per heavy atom. The van der Waals surface area contributed by atoms with Crippen LogP contribution < -0.4 is 10.4 Å². The number of aryl methyl sites for hydroxylation is 2. The second-order valence-electron chi connectivity index (χ2n) is 4.90. The highest BCUT2D eigenvalue weighted by atomic mass is 32.1. The van der Waals surface area contributed by atoms with Crippen molar-refractivity contribution in [2.75, 3.05) is 7.11 Å². The number of methoxy groups -OCH3 is 1. The van der Waals surface area contributed by atoms with Crippen molar-refractivity contribution in [3.05, 3.63) is 50.6 Å². The molecular formula is C15H16N2O3S. The van der Waals surface area contributed by atoms with E-state index in [1.807, 2.05) is 29.6 Å². The predicted molar refractivity (Wildman–Crippen MR) is 83.1 cm³/mol. The molecule has 1 atom stereocenters. The third-order valence-electron chi connectivity index (χ3n) is 3.74. The van der Waals surface area contributed by atoms with E-state index in [9.17, 15) is 9.90 Å². The first kappa shape index (κ1) is 13.9. The van der Waals surface area contributed by atoms with Crippen LogP contribution in [0.15, 0.2) is 34.4 Å². The molecule has 1 unspecified atom stereocenters. The second-order valence-corrected chi connectivity index (χ2v) is 5.85. The average molecular weight is 304 g/mol. The summed E-state index contributed by atoms with van der Waals surface area (Å²) in [7, 11) is 5.05. The van der Waals surface area contributed by atoms with Crippen LogP contribution in [0.25, 0.3) is 11.0 Å². The third-order valence-corrected chi connectivity index (χ3v) is 4.69. The number of imidazole rings is 1. The van der Waals surface area contributed by atoms with Crippen LogP contribution in [0, 0.1) is 0 Å². The molecule has 6 heteroatoms. The van der Waals surface area contributed by atoms with Crippen LogP contribution >= 0.6 is 11.3 Å². The van der Waals surface area contributed by atoms with Crippen molar-refractivity contribution >= 4 is 22.4 Å². The minimum absolute atomic E-state index is 0.0784. The van der Waals surface area contributed by atoms with E-state index in [4.69, 9.17) is 4.74 Å². The number of ether oxygens (including phenoxy) is 1. The SMILES string of the molecule is COc1ccsc1C(O)c1ccc2c(c1)n(C)c(=O)n2C. The smallest absolute Gasteiger partial charge is 0.328 e. The van der Waals surface area contributed by atoms with Gasteiger partial charge in [0.1, 0.15) is 11.9 Å². The Hall–Kier alpha value is -2.05. The first-order valence-corrected chi connectivity index (χ1v) is 7.37. The summed E-state index contributed by atoms with van der Waals surface area (Å²) in [6.45, 7) is 0. The zero-order chi connectivity index (χ0) is 15.1. The van der Waals surface area contributed by atoms with Crippen molar-refractivity contribution in [1.29, 1.82) is 0 Å². The molecule has 1 aromatic carbocycles. The van der Waals surface area contributed by atoms with E-state index in [1.165, 1.54) is 11.3 Å². The van der Waals surface area contributed by atoms with Gasteiger partial charge in [0.15, 0.2) is 0 Å². The molecule has 21 heavy (non-hydrogen) atoms. The summed E-state index contributed by atoms with van der Waals surface area (Å²) in [6.07, 6.45) is -0.764. The summed E-state index contributed by atoms with van der Waals surface area (Å²) in [5.41, 5.74) is 2.31. The predicted octanol–water partition coefficient (Wildman–Crippen LogP) is 2.03. The Bertz CT molecular complexity index is 860. The molecule has 0 saturated heterocycles. The maximum atomic E-state index is 11.9. The summed E-state index contributed by atoms with van der Waals surface area (Å²) in [5.74, 6) is 0.676. The molecular weight excluding hydrogens is 288 g/mol. The topological polar surface area (TPSA) is 56.4 Å². The van der Waals surface area contributed by atoms with E-state index in [0.29, 0.717) is 5.75 Å². The fraction of sp³-hybridized carbons (Fsp3) is 0.267. The van der Waals surface area contributed by atoms with E-state index in [-0.39, 0.29) is 5.69 Å². The van der Waals surface area contributed by atoms with Crippen LogP contribution in [0.2, 0.25) is 0 Å². The highest BCUT2D eigenvalue weighted by Crippen LogP contribution is 2.35. The van der Waals surface area contributed by atoms with Gasteiger partial charge in [0.05, 0.1) is 23.0 Å². The zero-order valence-electron chi connectivity index (χ0n) is 12.0. The van der Waals surface area contributed by atoms with Crippen molar-refractivity contribution in [3.63, 3.8) is 0 Å². The van der Waals surface area contributed by atoms with Crippen LogP contribution in [0.1, 0.15) is 16.5 Å². The molecule has 0 aliphatic rings. The van der Waals surface area contributed by atoms with E-state index in [0.717, 1.165) is 21.5 Å². The standard InChI is InChI=1S/C15H16N2O3S/c1-16-10-5-4-9(8-11(10)17(2)15(16)19)13(18)14-12(20-3)6-7-21-14/h4-8,13,18H,1-3H3. The van der Waals surface area contributed by atoms with Crippen molar-refractivity contribution in [1.82, 2.24) is 9.13 Å². The van der Waals surface area contributed by atoms with E-state index >= 15 is 0 Å². The number of thiophene rings is 1. The highest BCUT2D eigenvalue weighted by Gasteiger charge is 2.18. The van der Waals surface area contributed by atoms with Gasteiger partial charge >= 0.3 is 5.69 Å². The molecule has 2 aromatic heterocycles. The van der Waals surface area contributed by atoms with Gasteiger partial charge in [-0.3, -0.25) is 9.13 Å². The van der Waals surface area contributed by atoms with Gasteiger partial charge < -0.3 is 9.84 Å². The van der Waals surface area contributed by atoms with E-state index in [1.54, 1.807) is 30.3 Å². The second kappa shape index (κ2) is 5.05. The van der Waals surface area contributed by atoms with Crippen LogP contribution in [0.3, 0.4) is 0 Å². The molecule has 110 valence electrons. The maximum absolute atomic E-state index is 11.9. The summed E-state index contributed by atoms with van der Waals surface area (Å²) < 4.78 is 8.43. The molecule has 0 spiro atoms. The quantitative estimate of drug-likeness (QED) is 0.805. The lowest BCUT2D eigenvalue weighted by atomic mass is 10.1. The monoisotopic (exact) mass is 304 g/mol. The van der Waals surface area contributed by atoms with Gasteiger partial charge in [-0.15, -0.1) is 11.3 Å². The Kier molecular flexibility index (Phi) is 3.35. The van der Waals surface area contributed by atoms with Crippen LogP contribution in [0.5, 0.6) is 5.75 Å². The number of fused-ring (bicyclic) bond motifs is 1. The maximum Gasteiger partial charge on any atom is 0.328 e. The first-order valence-electron chi connectivity index (χ1n) is 6.49. The lowest BCUT2D eigenvalue weighted by Gasteiger charge is -2.11. The molecule has 0 aliphatic carbocycles. The highest BCUT2D eigenvalue weighted by molar-refractivity contribution is 7.10. The number of nitrogens with zero attached hydrogens (tertiary/aromatic N) is 2. The molecule has 0 saturated carbocycles. The number of rotatable bonds is 3. The largest absolute Gasteiger partial charge is 0.495 e. The molecule has 3 rings (SSSR count). The molecule has 1 N–H and O–H groups in total. The fourth-order valence-corrected chi connectivity index (χ4v) is 3.39. The summed E-state index contributed by atoms with van der Waals surface area (Å²) in [4.78, 5) is 12.7. The Labute approximate surface area is 125 Å². The lowest BCUT2D eigenvalue weighted by Crippen LogP contribution is -2.19. The number of aliphatic hydroxyl groups is 1. The van der Waals surface area contributed by atoms with Crippen molar-refractivity contribution in [2.24, 2.45) is 14.1 Å². The number of benzene rings is 1. The van der Waals surface area contributed by atoms with Gasteiger partial charge in [-0.2, -0.15) is 0 Å². The molecule has 0 bridgehead atoms. The molecule has 0 fully saturated rings. The summed E-state index contributed by atoms with van der Waals surface area (Å²) in [6, 6.07) is 7.38. The minimum Gasteiger partial charge on any atom is -0.495 e. The van der Waals surface area contributed by atoms with Crippen molar-refractivity contribution < 1.29 is 9.84 Å². The fourth-order valence-electron chi connectivity index (χ4n) is 2.52.